The number of rotatable bonds is 2. The summed E-state index contributed by atoms with van der Waals surface area (Å²) in [7, 11) is -4.09. The molecule has 0 amide bonds. The maximum Gasteiger partial charge on any atom is 0.335 e. The summed E-state index contributed by atoms with van der Waals surface area (Å²) < 4.78 is 31.6. The van der Waals surface area contributed by atoms with Crippen molar-refractivity contribution in [1.29, 1.82) is 0 Å². The van der Waals surface area contributed by atoms with Crippen molar-refractivity contribution in [3.05, 3.63) is 12.0 Å². The third-order valence-electron chi connectivity index (χ3n) is 1.63. The van der Waals surface area contributed by atoms with Gasteiger partial charge in [0.25, 0.3) is 10.9 Å². The number of aromatic amines is 1. The van der Waals surface area contributed by atoms with Gasteiger partial charge in [0.15, 0.2) is 6.20 Å². The monoisotopic (exact) mass is 191 g/mol. The molecule has 0 unspecified atom stereocenters. The lowest BCUT2D eigenvalue weighted by Crippen LogP contribution is -2.32. The van der Waals surface area contributed by atoms with Gasteiger partial charge in [0.05, 0.1) is 6.54 Å². The molecule has 1 aromatic rings. The smallest absolute Gasteiger partial charge is 0.279 e. The van der Waals surface area contributed by atoms with Crippen LogP contribution in [0.5, 0.6) is 0 Å². The second kappa shape index (κ2) is 2.87. The molecule has 0 bridgehead atoms. The summed E-state index contributed by atoms with van der Waals surface area (Å²) in [5, 5.41) is -0.165. The van der Waals surface area contributed by atoms with Crippen molar-refractivity contribution in [3.63, 3.8) is 0 Å². The zero-order valence-electron chi connectivity index (χ0n) is 6.90. The fraction of sp³-hybridized carbons (Fsp3) is 0.500. The van der Waals surface area contributed by atoms with Gasteiger partial charge in [-0.1, -0.05) is 0 Å². The molecule has 0 aromatic carbocycles. The SMILES string of the molecule is CC[n+]1cc(S(=O)(=O)O)[nH]c1C. The van der Waals surface area contributed by atoms with Gasteiger partial charge in [-0.3, -0.25) is 4.55 Å². The zero-order chi connectivity index (χ0) is 9.35. The molecule has 0 spiro atoms. The number of H-pyrrole nitrogens is 1. The molecular formula is C6H11N2O3S+. The van der Waals surface area contributed by atoms with Gasteiger partial charge in [-0.15, -0.1) is 0 Å². The summed E-state index contributed by atoms with van der Waals surface area (Å²) in [6.07, 6.45) is 1.37. The van der Waals surface area contributed by atoms with Gasteiger partial charge in [-0.2, -0.15) is 8.42 Å². The van der Waals surface area contributed by atoms with Gasteiger partial charge in [0.1, 0.15) is 0 Å². The quantitative estimate of drug-likeness (QED) is 0.505. The molecule has 0 aliphatic rings. The molecule has 5 nitrogen and oxygen atoms in total. The highest BCUT2D eigenvalue weighted by Gasteiger charge is 2.20. The second-order valence-corrected chi connectivity index (χ2v) is 3.85. The molecule has 0 aliphatic heterocycles. The fourth-order valence-electron chi connectivity index (χ4n) is 0.980. The minimum Gasteiger partial charge on any atom is -0.279 e. The maximum absolute atomic E-state index is 10.6. The Morgan fingerprint density at radius 2 is 2.25 bits per heavy atom. The molecule has 1 rings (SSSR count). The van der Waals surface area contributed by atoms with Crippen LogP contribution in [0.25, 0.3) is 0 Å². The van der Waals surface area contributed by atoms with Crippen LogP contribution in [0, 0.1) is 6.92 Å². The lowest BCUT2D eigenvalue weighted by atomic mass is 10.6. The lowest BCUT2D eigenvalue weighted by molar-refractivity contribution is -0.699. The molecule has 68 valence electrons. The van der Waals surface area contributed by atoms with Crippen LogP contribution < -0.4 is 4.57 Å². The van der Waals surface area contributed by atoms with E-state index in [4.69, 9.17) is 4.55 Å². The Balaban J connectivity index is 3.23. The van der Waals surface area contributed by atoms with Crippen LogP contribution >= 0.6 is 0 Å². The molecule has 1 aromatic heterocycles. The molecule has 0 radical (unpaired) electrons. The minimum absolute atomic E-state index is 0.165. The van der Waals surface area contributed by atoms with E-state index in [1.807, 2.05) is 6.92 Å². The molecule has 0 saturated heterocycles. The Hall–Kier alpha value is -0.880. The molecule has 1 heterocycles. The first kappa shape index (κ1) is 9.21. The zero-order valence-corrected chi connectivity index (χ0v) is 7.72. The van der Waals surface area contributed by atoms with Gasteiger partial charge in [-0.25, -0.2) is 9.55 Å². The van der Waals surface area contributed by atoms with Crippen molar-refractivity contribution in [2.45, 2.75) is 25.4 Å². The van der Waals surface area contributed by atoms with Crippen LogP contribution in [-0.4, -0.2) is 18.0 Å². The van der Waals surface area contributed by atoms with E-state index < -0.39 is 10.1 Å². The molecule has 12 heavy (non-hydrogen) atoms. The van der Waals surface area contributed by atoms with Crippen LogP contribution in [0.3, 0.4) is 0 Å². The molecule has 0 aliphatic carbocycles. The van der Waals surface area contributed by atoms with Crippen molar-refractivity contribution in [2.24, 2.45) is 0 Å². The van der Waals surface area contributed by atoms with Crippen LogP contribution in [0.15, 0.2) is 11.2 Å². The highest BCUT2D eigenvalue weighted by molar-refractivity contribution is 7.85. The molecule has 6 heteroatoms. The van der Waals surface area contributed by atoms with E-state index in [0.717, 1.165) is 0 Å². The van der Waals surface area contributed by atoms with Crippen molar-refractivity contribution < 1.29 is 17.5 Å². The van der Waals surface area contributed by atoms with Gasteiger partial charge >= 0.3 is 10.1 Å². The van der Waals surface area contributed by atoms with Crippen molar-refractivity contribution in [1.82, 2.24) is 4.98 Å². The minimum atomic E-state index is -4.09. The fourth-order valence-corrected chi connectivity index (χ4v) is 1.52. The average molecular weight is 191 g/mol. The van der Waals surface area contributed by atoms with E-state index in [2.05, 4.69) is 4.98 Å². The van der Waals surface area contributed by atoms with E-state index in [0.29, 0.717) is 12.4 Å². The molecular weight excluding hydrogens is 180 g/mol. The van der Waals surface area contributed by atoms with E-state index in [9.17, 15) is 8.42 Å². The number of hydrogen-bond donors (Lipinski definition) is 2. The number of imidazole rings is 1. The maximum atomic E-state index is 10.6. The third kappa shape index (κ3) is 1.64. The highest BCUT2D eigenvalue weighted by Crippen LogP contribution is 2.01. The first-order chi connectivity index (χ1) is 5.45. The Bertz CT molecular complexity index is 379. The van der Waals surface area contributed by atoms with Gasteiger partial charge in [0.2, 0.25) is 0 Å². The number of aromatic nitrogens is 2. The van der Waals surface area contributed by atoms with E-state index in [-0.39, 0.29) is 5.03 Å². The Kier molecular flexibility index (Phi) is 2.20. The summed E-state index contributed by atoms with van der Waals surface area (Å²) in [5.41, 5.74) is 0. The van der Waals surface area contributed by atoms with Gasteiger partial charge in [0, 0.05) is 6.92 Å². The Morgan fingerprint density at radius 3 is 2.50 bits per heavy atom. The molecule has 0 saturated carbocycles. The van der Waals surface area contributed by atoms with Crippen LogP contribution in [0.1, 0.15) is 12.7 Å². The first-order valence-electron chi connectivity index (χ1n) is 3.51. The topological polar surface area (TPSA) is 74.0 Å². The van der Waals surface area contributed by atoms with E-state index >= 15 is 0 Å². The molecule has 0 fully saturated rings. The Labute approximate surface area is 70.8 Å². The number of hydrogen-bond acceptors (Lipinski definition) is 2. The summed E-state index contributed by atoms with van der Waals surface area (Å²) in [4.78, 5) is 2.56. The Morgan fingerprint density at radius 1 is 1.67 bits per heavy atom. The summed E-state index contributed by atoms with van der Waals surface area (Å²) in [6.45, 7) is 4.28. The summed E-state index contributed by atoms with van der Waals surface area (Å²) >= 11 is 0. The molecule has 0 atom stereocenters. The molecule has 2 N–H and O–H groups in total. The standard InChI is InChI=1S/C6H10N2O3S/c1-3-8-4-6(7-5(8)2)12(9,10)11/h4H,3H2,1-2H3,(H,9,10,11)/p+1. The van der Waals surface area contributed by atoms with Crippen molar-refractivity contribution in [3.8, 4) is 0 Å². The summed E-state index contributed by atoms with van der Waals surface area (Å²) in [5.74, 6) is 0.699. The van der Waals surface area contributed by atoms with Crippen LogP contribution in [-0.2, 0) is 16.7 Å². The third-order valence-corrected chi connectivity index (χ3v) is 2.39. The normalized spacial score (nSPS) is 11.9. The number of nitrogens with zero attached hydrogens (tertiary/aromatic N) is 1. The lowest BCUT2D eigenvalue weighted by Gasteiger charge is -1.86. The van der Waals surface area contributed by atoms with Gasteiger partial charge < -0.3 is 0 Å². The largest absolute Gasteiger partial charge is 0.335 e. The van der Waals surface area contributed by atoms with Crippen molar-refractivity contribution >= 4 is 10.1 Å². The number of nitrogens with one attached hydrogen (secondary N) is 1. The predicted octanol–water partition coefficient (Wildman–Crippen LogP) is -0.123. The average Bonchev–Trinajstić information content (AvgIpc) is 2.29. The number of aryl methyl sites for hydroxylation is 2. The second-order valence-electron chi connectivity index (χ2n) is 2.46. The predicted molar refractivity (Wildman–Crippen MR) is 41.2 cm³/mol. The van der Waals surface area contributed by atoms with Gasteiger partial charge in [-0.05, 0) is 6.92 Å². The van der Waals surface area contributed by atoms with Crippen LogP contribution in [0.4, 0.5) is 0 Å². The first-order valence-corrected chi connectivity index (χ1v) is 4.95. The summed E-state index contributed by atoms with van der Waals surface area (Å²) in [6, 6.07) is 0. The van der Waals surface area contributed by atoms with E-state index in [1.54, 1.807) is 11.5 Å². The van der Waals surface area contributed by atoms with E-state index in [1.165, 1.54) is 6.20 Å². The highest BCUT2D eigenvalue weighted by atomic mass is 32.2. The van der Waals surface area contributed by atoms with Crippen molar-refractivity contribution in [2.75, 3.05) is 0 Å². The van der Waals surface area contributed by atoms with Crippen LogP contribution in [0.2, 0.25) is 0 Å².